The molecule has 11 heavy (non-hydrogen) atoms. The first kappa shape index (κ1) is 8.60. The first-order valence-electron chi connectivity index (χ1n) is 3.92. The lowest BCUT2D eigenvalue weighted by atomic mass is 10.2. The van der Waals surface area contributed by atoms with Gasteiger partial charge in [0.15, 0.2) is 0 Å². The van der Waals surface area contributed by atoms with Gasteiger partial charge in [-0.1, -0.05) is 18.5 Å². The van der Waals surface area contributed by atoms with Gasteiger partial charge < -0.3 is 0 Å². The average Bonchev–Trinajstić information content (AvgIpc) is 2.26. The van der Waals surface area contributed by atoms with E-state index in [0.717, 1.165) is 23.8 Å². The van der Waals surface area contributed by atoms with E-state index >= 15 is 0 Å². The van der Waals surface area contributed by atoms with E-state index in [-0.39, 0.29) is 0 Å². The van der Waals surface area contributed by atoms with E-state index < -0.39 is 0 Å². The van der Waals surface area contributed by atoms with Gasteiger partial charge in [-0.3, -0.25) is 4.68 Å². The van der Waals surface area contributed by atoms with Crippen LogP contribution in [-0.2, 0) is 13.0 Å². The van der Waals surface area contributed by atoms with Crippen LogP contribution >= 0.6 is 11.6 Å². The van der Waals surface area contributed by atoms with Crippen molar-refractivity contribution in [3.8, 4) is 0 Å². The van der Waals surface area contributed by atoms with Crippen LogP contribution in [-0.4, -0.2) is 9.78 Å². The molecule has 1 aromatic heterocycles. The summed E-state index contributed by atoms with van der Waals surface area (Å²) in [6.45, 7) is 6.98. The van der Waals surface area contributed by atoms with E-state index in [9.17, 15) is 0 Å². The van der Waals surface area contributed by atoms with Crippen LogP contribution in [0.2, 0.25) is 5.15 Å². The third-order valence-electron chi connectivity index (χ3n) is 1.84. The molecule has 0 saturated heterocycles. The monoisotopic (exact) mass is 172 g/mol. The van der Waals surface area contributed by atoms with E-state index in [4.69, 9.17) is 11.6 Å². The van der Waals surface area contributed by atoms with Crippen molar-refractivity contribution in [1.29, 1.82) is 0 Å². The Morgan fingerprint density at radius 1 is 1.45 bits per heavy atom. The van der Waals surface area contributed by atoms with Gasteiger partial charge in [-0.05, 0) is 20.3 Å². The summed E-state index contributed by atoms with van der Waals surface area (Å²) in [5.41, 5.74) is 2.23. The highest BCUT2D eigenvalue weighted by Crippen LogP contribution is 2.19. The first-order valence-corrected chi connectivity index (χ1v) is 4.30. The molecule has 0 fully saturated rings. The fraction of sp³-hybridized carbons (Fsp3) is 0.625. The standard InChI is InChI=1S/C8H13ClN2/c1-4-7-6(3)10-11(5-2)8(7)9/h4-5H2,1-3H3. The van der Waals surface area contributed by atoms with E-state index in [1.807, 2.05) is 18.5 Å². The highest BCUT2D eigenvalue weighted by atomic mass is 35.5. The van der Waals surface area contributed by atoms with Crippen molar-refractivity contribution in [2.45, 2.75) is 33.7 Å². The summed E-state index contributed by atoms with van der Waals surface area (Å²) >= 11 is 6.03. The number of hydrogen-bond acceptors (Lipinski definition) is 1. The predicted octanol–water partition coefficient (Wildman–Crippen LogP) is 2.43. The van der Waals surface area contributed by atoms with Crippen molar-refractivity contribution < 1.29 is 0 Å². The van der Waals surface area contributed by atoms with Crippen LogP contribution in [0.3, 0.4) is 0 Å². The predicted molar refractivity (Wildman–Crippen MR) is 47.0 cm³/mol. The molecule has 0 atom stereocenters. The van der Waals surface area contributed by atoms with Crippen molar-refractivity contribution in [2.24, 2.45) is 0 Å². The molecule has 0 aliphatic carbocycles. The van der Waals surface area contributed by atoms with Crippen LogP contribution in [0, 0.1) is 6.92 Å². The minimum Gasteiger partial charge on any atom is -0.254 e. The molecular weight excluding hydrogens is 160 g/mol. The maximum Gasteiger partial charge on any atom is 0.130 e. The number of hydrogen-bond donors (Lipinski definition) is 0. The van der Waals surface area contributed by atoms with Crippen LogP contribution in [0.25, 0.3) is 0 Å². The Hall–Kier alpha value is -0.500. The minimum absolute atomic E-state index is 0.799. The molecule has 0 radical (unpaired) electrons. The van der Waals surface area contributed by atoms with Crippen LogP contribution in [0.1, 0.15) is 25.1 Å². The van der Waals surface area contributed by atoms with Gasteiger partial charge in [0.25, 0.3) is 0 Å². The fourth-order valence-corrected chi connectivity index (χ4v) is 1.63. The Balaban J connectivity index is 3.14. The van der Waals surface area contributed by atoms with E-state index in [0.29, 0.717) is 0 Å². The van der Waals surface area contributed by atoms with Crippen LogP contribution < -0.4 is 0 Å². The molecule has 2 nitrogen and oxygen atoms in total. The number of rotatable bonds is 2. The zero-order chi connectivity index (χ0) is 8.43. The van der Waals surface area contributed by atoms with Crippen molar-refractivity contribution in [1.82, 2.24) is 9.78 Å². The molecule has 1 rings (SSSR count). The SMILES string of the molecule is CCc1c(C)nn(CC)c1Cl. The Labute approximate surface area is 72.2 Å². The lowest BCUT2D eigenvalue weighted by Gasteiger charge is -1.96. The highest BCUT2D eigenvalue weighted by molar-refractivity contribution is 6.30. The summed E-state index contributed by atoms with van der Waals surface area (Å²) < 4.78 is 1.83. The second kappa shape index (κ2) is 3.26. The lowest BCUT2D eigenvalue weighted by Crippen LogP contribution is -1.95. The van der Waals surface area contributed by atoms with E-state index in [2.05, 4.69) is 12.0 Å². The van der Waals surface area contributed by atoms with Gasteiger partial charge in [-0.15, -0.1) is 0 Å². The van der Waals surface area contributed by atoms with Crippen molar-refractivity contribution >= 4 is 11.6 Å². The second-order valence-electron chi connectivity index (χ2n) is 2.52. The molecule has 0 spiro atoms. The van der Waals surface area contributed by atoms with Crippen LogP contribution in [0.15, 0.2) is 0 Å². The molecule has 0 aliphatic heterocycles. The molecule has 0 aromatic carbocycles. The maximum atomic E-state index is 6.03. The molecule has 0 saturated carbocycles. The zero-order valence-corrected chi connectivity index (χ0v) is 7.94. The van der Waals surface area contributed by atoms with Crippen LogP contribution in [0.5, 0.6) is 0 Å². The summed E-state index contributed by atoms with van der Waals surface area (Å²) in [6, 6.07) is 0. The number of nitrogens with zero attached hydrogens (tertiary/aromatic N) is 2. The van der Waals surface area contributed by atoms with Crippen LogP contribution in [0.4, 0.5) is 0 Å². The van der Waals surface area contributed by atoms with Gasteiger partial charge in [0.1, 0.15) is 5.15 Å². The van der Waals surface area contributed by atoms with Gasteiger partial charge in [0.05, 0.1) is 5.69 Å². The maximum absolute atomic E-state index is 6.03. The smallest absolute Gasteiger partial charge is 0.130 e. The molecule has 3 heteroatoms. The van der Waals surface area contributed by atoms with Gasteiger partial charge in [-0.2, -0.15) is 5.10 Å². The zero-order valence-electron chi connectivity index (χ0n) is 7.19. The summed E-state index contributed by atoms with van der Waals surface area (Å²) in [5.74, 6) is 0. The number of aryl methyl sites for hydroxylation is 2. The second-order valence-corrected chi connectivity index (χ2v) is 2.88. The molecule has 1 aromatic rings. The Morgan fingerprint density at radius 2 is 2.09 bits per heavy atom. The fourth-order valence-electron chi connectivity index (χ4n) is 1.20. The molecule has 0 bridgehead atoms. The van der Waals surface area contributed by atoms with Gasteiger partial charge in [0, 0.05) is 12.1 Å². The summed E-state index contributed by atoms with van der Waals surface area (Å²) in [4.78, 5) is 0. The Kier molecular flexibility index (Phi) is 2.55. The molecule has 1 heterocycles. The molecule has 62 valence electrons. The quantitative estimate of drug-likeness (QED) is 0.670. The van der Waals surface area contributed by atoms with Crippen molar-refractivity contribution in [3.05, 3.63) is 16.4 Å². The summed E-state index contributed by atoms with van der Waals surface area (Å²) in [5, 5.41) is 5.08. The van der Waals surface area contributed by atoms with Gasteiger partial charge >= 0.3 is 0 Å². The van der Waals surface area contributed by atoms with E-state index in [1.54, 1.807) is 0 Å². The van der Waals surface area contributed by atoms with E-state index in [1.165, 1.54) is 5.56 Å². The topological polar surface area (TPSA) is 17.8 Å². The highest BCUT2D eigenvalue weighted by Gasteiger charge is 2.09. The largest absolute Gasteiger partial charge is 0.254 e. The minimum atomic E-state index is 0.799. The lowest BCUT2D eigenvalue weighted by molar-refractivity contribution is 0.654. The van der Waals surface area contributed by atoms with Crippen molar-refractivity contribution in [3.63, 3.8) is 0 Å². The Bertz CT molecular complexity index is 253. The normalized spacial score (nSPS) is 10.5. The molecule has 0 aliphatic rings. The first-order chi connectivity index (χ1) is 5.20. The summed E-state index contributed by atoms with van der Waals surface area (Å²) in [7, 11) is 0. The average molecular weight is 173 g/mol. The third kappa shape index (κ3) is 1.41. The molecule has 0 amide bonds. The summed E-state index contributed by atoms with van der Waals surface area (Å²) in [6.07, 6.45) is 0.963. The van der Waals surface area contributed by atoms with Crippen molar-refractivity contribution in [2.75, 3.05) is 0 Å². The molecule has 0 N–H and O–H groups in total. The van der Waals surface area contributed by atoms with Gasteiger partial charge in [-0.25, -0.2) is 0 Å². The molecule has 0 unspecified atom stereocenters. The number of halogens is 1. The molecular formula is C8H13ClN2. The third-order valence-corrected chi connectivity index (χ3v) is 2.26. The Morgan fingerprint density at radius 3 is 2.36 bits per heavy atom. The van der Waals surface area contributed by atoms with Gasteiger partial charge in [0.2, 0.25) is 0 Å². The number of aromatic nitrogens is 2.